The molecule has 0 bridgehead atoms. The fraction of sp³-hybridized carbons (Fsp3) is 0.367. The number of carboxylic acids is 1. The SMILES string of the molecule is C#C.CC(C)(C)O.Cc1cc2nc(N3CCc4c(c(C)nn4C)C3)sc2c(-c2ccc(Cl)cc2)c1CC(=O)O. The summed E-state index contributed by atoms with van der Waals surface area (Å²) in [5.41, 5.74) is 7.69. The molecule has 39 heavy (non-hydrogen) atoms. The number of thiazole rings is 1. The van der Waals surface area contributed by atoms with Gasteiger partial charge in [0.15, 0.2) is 5.13 Å². The van der Waals surface area contributed by atoms with E-state index < -0.39 is 11.6 Å². The van der Waals surface area contributed by atoms with Crippen molar-refractivity contribution in [3.05, 3.63) is 63.4 Å². The summed E-state index contributed by atoms with van der Waals surface area (Å²) in [4.78, 5) is 18.9. The Morgan fingerprint density at radius 1 is 1.18 bits per heavy atom. The van der Waals surface area contributed by atoms with Gasteiger partial charge < -0.3 is 15.1 Å². The van der Waals surface area contributed by atoms with Crippen LogP contribution in [0.3, 0.4) is 0 Å². The van der Waals surface area contributed by atoms with Crippen molar-refractivity contribution in [3.8, 4) is 24.0 Å². The largest absolute Gasteiger partial charge is 0.481 e. The van der Waals surface area contributed by atoms with E-state index >= 15 is 0 Å². The lowest BCUT2D eigenvalue weighted by atomic mass is 9.93. The summed E-state index contributed by atoms with van der Waals surface area (Å²) in [5, 5.41) is 24.3. The van der Waals surface area contributed by atoms with Crippen LogP contribution in [-0.2, 0) is 31.2 Å². The number of aromatic nitrogens is 3. The number of fused-ring (bicyclic) bond motifs is 2. The number of carboxylic acid groups (broad SMARTS) is 1. The number of aliphatic hydroxyl groups is 1. The minimum Gasteiger partial charge on any atom is -0.481 e. The highest BCUT2D eigenvalue weighted by atomic mass is 35.5. The monoisotopic (exact) mass is 566 g/mol. The van der Waals surface area contributed by atoms with Crippen molar-refractivity contribution in [2.45, 2.75) is 59.6 Å². The van der Waals surface area contributed by atoms with Crippen LogP contribution in [-0.4, -0.2) is 43.1 Å². The van der Waals surface area contributed by atoms with Crippen LogP contribution in [0.25, 0.3) is 21.3 Å². The quantitative estimate of drug-likeness (QED) is 0.286. The molecule has 0 atom stereocenters. The predicted octanol–water partition coefficient (Wildman–Crippen LogP) is 6.18. The van der Waals surface area contributed by atoms with E-state index in [1.54, 1.807) is 32.1 Å². The van der Waals surface area contributed by atoms with E-state index in [4.69, 9.17) is 21.7 Å². The van der Waals surface area contributed by atoms with E-state index in [1.807, 2.05) is 49.0 Å². The molecule has 2 aromatic carbocycles. The summed E-state index contributed by atoms with van der Waals surface area (Å²) in [5.74, 6) is -0.844. The van der Waals surface area contributed by atoms with E-state index in [2.05, 4.69) is 29.8 Å². The average Bonchev–Trinajstić information content (AvgIpc) is 3.40. The smallest absolute Gasteiger partial charge is 0.307 e. The number of halogens is 1. The number of aryl methyl sites for hydroxylation is 3. The molecule has 7 nitrogen and oxygen atoms in total. The van der Waals surface area contributed by atoms with Crippen LogP contribution in [0, 0.1) is 26.7 Å². The van der Waals surface area contributed by atoms with E-state index in [9.17, 15) is 9.90 Å². The molecule has 1 aliphatic rings. The Balaban J connectivity index is 0.000000542. The molecular formula is C30H35ClN4O3S. The topological polar surface area (TPSA) is 91.5 Å². The fourth-order valence-corrected chi connectivity index (χ4v) is 5.89. The zero-order chi connectivity index (χ0) is 29.1. The molecule has 1 aliphatic heterocycles. The van der Waals surface area contributed by atoms with Gasteiger partial charge in [-0.15, -0.1) is 12.8 Å². The van der Waals surface area contributed by atoms with Crippen LogP contribution in [0.4, 0.5) is 5.13 Å². The summed E-state index contributed by atoms with van der Waals surface area (Å²) in [7, 11) is 2.00. The van der Waals surface area contributed by atoms with Crippen molar-refractivity contribution in [3.63, 3.8) is 0 Å². The number of rotatable bonds is 4. The van der Waals surface area contributed by atoms with E-state index in [-0.39, 0.29) is 6.42 Å². The lowest BCUT2D eigenvalue weighted by Gasteiger charge is -2.27. The first-order valence-electron chi connectivity index (χ1n) is 12.5. The summed E-state index contributed by atoms with van der Waals surface area (Å²) in [6, 6.07) is 9.60. The summed E-state index contributed by atoms with van der Waals surface area (Å²) >= 11 is 7.75. The van der Waals surface area contributed by atoms with Crippen molar-refractivity contribution in [1.82, 2.24) is 14.8 Å². The summed E-state index contributed by atoms with van der Waals surface area (Å²) < 4.78 is 3.00. The number of hydrogen-bond acceptors (Lipinski definition) is 6. The number of nitrogens with zero attached hydrogens (tertiary/aromatic N) is 4. The molecule has 0 saturated heterocycles. The van der Waals surface area contributed by atoms with Gasteiger partial charge in [0.25, 0.3) is 0 Å². The molecule has 2 aromatic heterocycles. The molecule has 0 aliphatic carbocycles. The predicted molar refractivity (Wildman–Crippen MR) is 161 cm³/mol. The second-order valence-corrected chi connectivity index (χ2v) is 11.9. The number of hydrogen-bond donors (Lipinski definition) is 2. The third-order valence-corrected chi connectivity index (χ3v) is 7.58. The second-order valence-electron chi connectivity index (χ2n) is 10.4. The Hall–Kier alpha value is -3.38. The van der Waals surface area contributed by atoms with Gasteiger partial charge in [-0.2, -0.15) is 5.10 Å². The van der Waals surface area contributed by atoms with Crippen molar-refractivity contribution in [2.75, 3.05) is 11.4 Å². The first kappa shape index (κ1) is 30.2. The van der Waals surface area contributed by atoms with Crippen molar-refractivity contribution < 1.29 is 15.0 Å². The third kappa shape index (κ3) is 7.18. The van der Waals surface area contributed by atoms with Gasteiger partial charge in [-0.3, -0.25) is 9.48 Å². The van der Waals surface area contributed by atoms with Crippen LogP contribution in [0.15, 0.2) is 30.3 Å². The van der Waals surface area contributed by atoms with Gasteiger partial charge in [0, 0.05) is 48.4 Å². The number of terminal acetylenes is 1. The van der Waals surface area contributed by atoms with Crippen molar-refractivity contribution in [2.24, 2.45) is 7.05 Å². The lowest BCUT2D eigenvalue weighted by Crippen LogP contribution is -2.30. The molecule has 5 rings (SSSR count). The van der Waals surface area contributed by atoms with Crippen LogP contribution in [0.5, 0.6) is 0 Å². The van der Waals surface area contributed by atoms with Gasteiger partial charge in [-0.25, -0.2) is 4.98 Å². The molecule has 9 heteroatoms. The number of benzene rings is 2. The Kier molecular flexibility index (Phi) is 9.44. The van der Waals surface area contributed by atoms with Crippen LogP contribution in [0.2, 0.25) is 5.02 Å². The van der Waals surface area contributed by atoms with E-state index in [0.29, 0.717) is 5.02 Å². The normalized spacial score (nSPS) is 12.7. The summed E-state index contributed by atoms with van der Waals surface area (Å²) in [6.07, 6.45) is 8.89. The van der Waals surface area contributed by atoms with Gasteiger partial charge in [0.1, 0.15) is 0 Å². The molecule has 0 spiro atoms. The number of aliphatic carboxylic acids is 1. The Morgan fingerprint density at radius 2 is 1.79 bits per heavy atom. The maximum atomic E-state index is 11.6. The van der Waals surface area contributed by atoms with E-state index in [1.165, 1.54) is 11.3 Å². The molecule has 206 valence electrons. The van der Waals surface area contributed by atoms with Gasteiger partial charge in [-0.05, 0) is 69.5 Å². The fourth-order valence-electron chi connectivity index (χ4n) is 4.60. The molecule has 2 N–H and O–H groups in total. The van der Waals surface area contributed by atoms with E-state index in [0.717, 1.165) is 62.8 Å². The molecule has 4 aromatic rings. The Bertz CT molecular complexity index is 1490. The Labute approximate surface area is 239 Å². The van der Waals surface area contributed by atoms with Crippen molar-refractivity contribution >= 4 is 44.3 Å². The average molecular weight is 567 g/mol. The first-order chi connectivity index (χ1) is 18.3. The molecule has 0 unspecified atom stereocenters. The zero-order valence-corrected chi connectivity index (χ0v) is 24.8. The Morgan fingerprint density at radius 3 is 2.38 bits per heavy atom. The minimum atomic E-state index is -0.844. The van der Waals surface area contributed by atoms with Gasteiger partial charge in [-0.1, -0.05) is 35.1 Å². The van der Waals surface area contributed by atoms with Crippen molar-refractivity contribution in [1.29, 1.82) is 0 Å². The first-order valence-corrected chi connectivity index (χ1v) is 13.7. The highest BCUT2D eigenvalue weighted by Gasteiger charge is 2.26. The van der Waals surface area contributed by atoms with Gasteiger partial charge in [0.2, 0.25) is 0 Å². The highest BCUT2D eigenvalue weighted by Crippen LogP contribution is 2.41. The minimum absolute atomic E-state index is 0.0328. The van der Waals surface area contributed by atoms with Crippen LogP contribution in [0.1, 0.15) is 48.8 Å². The molecule has 0 amide bonds. The molecule has 0 saturated carbocycles. The second kappa shape index (κ2) is 12.2. The third-order valence-electron chi connectivity index (χ3n) is 6.17. The standard InChI is InChI=1S/C24H23ClN4O2S.C4H10O.C2H2/c1-13-10-19-23(22(17(13)11-21(30)31)15-4-6-16(25)7-5-15)32-24(26-19)29-9-8-20-18(12-29)14(2)27-28(20)3;1-4(2,3)5;1-2/h4-7,10H,8-9,11-12H2,1-3H3,(H,30,31);5H,1-3H3;1-2H. The molecular weight excluding hydrogens is 532 g/mol. The molecule has 3 heterocycles. The zero-order valence-electron chi connectivity index (χ0n) is 23.2. The summed E-state index contributed by atoms with van der Waals surface area (Å²) in [6.45, 7) is 10.9. The molecule has 0 fully saturated rings. The number of anilines is 1. The lowest BCUT2D eigenvalue weighted by molar-refractivity contribution is -0.136. The molecule has 0 radical (unpaired) electrons. The maximum Gasteiger partial charge on any atom is 0.307 e. The maximum absolute atomic E-state index is 11.6. The van der Waals surface area contributed by atoms with Crippen LogP contribution >= 0.6 is 22.9 Å². The van der Waals surface area contributed by atoms with Crippen LogP contribution < -0.4 is 4.90 Å². The number of carbonyl (C=O) groups is 1. The van der Waals surface area contributed by atoms with Gasteiger partial charge in [0.05, 0.1) is 27.9 Å². The van der Waals surface area contributed by atoms with Gasteiger partial charge >= 0.3 is 5.97 Å². The highest BCUT2D eigenvalue weighted by molar-refractivity contribution is 7.22.